The highest BCUT2D eigenvalue weighted by Gasteiger charge is 2.42. The molecule has 2 heterocycles. The molecule has 0 aromatic heterocycles. The van der Waals surface area contributed by atoms with E-state index in [2.05, 4.69) is 15.9 Å². The Labute approximate surface area is 138 Å². The van der Waals surface area contributed by atoms with E-state index in [0.29, 0.717) is 24.3 Å². The van der Waals surface area contributed by atoms with E-state index in [0.717, 1.165) is 15.8 Å². The zero-order valence-electron chi connectivity index (χ0n) is 12.8. The van der Waals surface area contributed by atoms with Crippen molar-refractivity contribution in [1.82, 2.24) is 0 Å². The Morgan fingerprint density at radius 3 is 2.59 bits per heavy atom. The van der Waals surface area contributed by atoms with Crippen LogP contribution in [0, 0.1) is 5.41 Å². The highest BCUT2D eigenvalue weighted by molar-refractivity contribution is 9.10. The number of hydrogen-bond acceptors (Lipinski definition) is 4. The molecule has 0 saturated carbocycles. The zero-order valence-corrected chi connectivity index (χ0v) is 15.2. The summed E-state index contributed by atoms with van der Waals surface area (Å²) in [5.41, 5.74) is 0.711. The molecule has 118 valence electrons. The molecule has 6 heteroatoms. The minimum absolute atomic E-state index is 0.138. The summed E-state index contributed by atoms with van der Waals surface area (Å²) in [6.07, 6.45) is 3.61. The second-order valence-corrected chi connectivity index (χ2v) is 9.08. The van der Waals surface area contributed by atoms with Gasteiger partial charge < -0.3 is 13.8 Å². The minimum atomic E-state index is -3.36. The lowest BCUT2D eigenvalue weighted by molar-refractivity contribution is 0.0444. The molecular weight excluding hydrogens is 367 g/mol. The molecule has 3 rings (SSSR count). The van der Waals surface area contributed by atoms with Crippen molar-refractivity contribution in [2.45, 2.75) is 20.8 Å². The highest BCUT2D eigenvalue weighted by atomic mass is 79.9. The Balaban J connectivity index is 2.03. The van der Waals surface area contributed by atoms with E-state index in [1.807, 2.05) is 45.0 Å². The third-order valence-electron chi connectivity index (χ3n) is 3.54. The topological polar surface area (TPSA) is 44.8 Å². The predicted molar refractivity (Wildman–Crippen MR) is 89.8 cm³/mol. The van der Waals surface area contributed by atoms with Crippen LogP contribution in [0.4, 0.5) is 0 Å². The monoisotopic (exact) mass is 384 g/mol. The first-order valence-electron chi connectivity index (χ1n) is 7.08. The van der Waals surface area contributed by atoms with Gasteiger partial charge in [-0.3, -0.25) is 4.57 Å². The van der Waals surface area contributed by atoms with Crippen LogP contribution in [0.25, 0.3) is 6.08 Å². The van der Waals surface area contributed by atoms with Crippen LogP contribution in [0.15, 0.2) is 39.8 Å². The summed E-state index contributed by atoms with van der Waals surface area (Å²) in [5.74, 6) is 1.25. The average molecular weight is 385 g/mol. The van der Waals surface area contributed by atoms with Crippen LogP contribution in [0.2, 0.25) is 0 Å². The molecular formula is C16H18BrO4P. The van der Waals surface area contributed by atoms with Crippen molar-refractivity contribution in [2.75, 3.05) is 13.2 Å². The molecule has 4 nitrogen and oxygen atoms in total. The second kappa shape index (κ2) is 5.64. The van der Waals surface area contributed by atoms with E-state index < -0.39 is 7.60 Å². The molecule has 2 aliphatic rings. The maximum Gasteiger partial charge on any atom is 0.365 e. The molecule has 1 aromatic rings. The fourth-order valence-electron chi connectivity index (χ4n) is 2.27. The molecule has 1 aromatic carbocycles. The van der Waals surface area contributed by atoms with Crippen molar-refractivity contribution >= 4 is 29.6 Å². The van der Waals surface area contributed by atoms with Gasteiger partial charge in [-0.2, -0.15) is 0 Å². The van der Waals surface area contributed by atoms with E-state index in [1.54, 1.807) is 6.08 Å². The highest BCUT2D eigenvalue weighted by Crippen LogP contribution is 2.63. The average Bonchev–Trinajstić information content (AvgIpc) is 2.49. The summed E-state index contributed by atoms with van der Waals surface area (Å²) in [4.78, 5) is 0. The summed E-state index contributed by atoms with van der Waals surface area (Å²) in [7, 11) is -3.36. The van der Waals surface area contributed by atoms with Gasteiger partial charge in [0.25, 0.3) is 0 Å². The summed E-state index contributed by atoms with van der Waals surface area (Å²) >= 11 is 3.44. The maximum absolute atomic E-state index is 13.1. The lowest BCUT2D eigenvalue weighted by Crippen LogP contribution is -2.30. The van der Waals surface area contributed by atoms with Crippen LogP contribution in [-0.4, -0.2) is 13.2 Å². The molecule has 1 saturated heterocycles. The van der Waals surface area contributed by atoms with E-state index >= 15 is 0 Å². The predicted octanol–water partition coefficient (Wildman–Crippen LogP) is 5.35. The number of benzene rings is 1. The summed E-state index contributed by atoms with van der Waals surface area (Å²) in [6, 6.07) is 5.70. The second-order valence-electron chi connectivity index (χ2n) is 6.18. The molecule has 22 heavy (non-hydrogen) atoms. The molecule has 1 fully saturated rings. The van der Waals surface area contributed by atoms with E-state index in [1.165, 1.54) is 0 Å². The summed E-state index contributed by atoms with van der Waals surface area (Å²) in [6.45, 7) is 6.66. The number of allylic oxidation sites excluding steroid dienone is 2. The number of halogens is 1. The molecule has 0 bridgehead atoms. The normalized spacial score (nSPS) is 24.4. The van der Waals surface area contributed by atoms with Crippen molar-refractivity contribution < 1.29 is 18.3 Å². The van der Waals surface area contributed by atoms with Crippen LogP contribution in [0.1, 0.15) is 26.3 Å². The van der Waals surface area contributed by atoms with Crippen molar-refractivity contribution in [3.8, 4) is 5.75 Å². The zero-order chi connectivity index (χ0) is 16.0. The molecule has 0 N–H and O–H groups in total. The van der Waals surface area contributed by atoms with Gasteiger partial charge in [-0.05, 0) is 37.3 Å². The van der Waals surface area contributed by atoms with Crippen molar-refractivity contribution in [3.05, 3.63) is 45.4 Å². The standard InChI is InChI=1S/C16H18BrO4P/c1-4-13-15(22(18)19-9-16(2,3)10-20-22)8-11-7-12(17)5-6-14(11)21-13/h4-8H,9-10H2,1-3H3/b13-4-. The van der Waals surface area contributed by atoms with Gasteiger partial charge in [0.05, 0.1) is 13.2 Å². The number of hydrogen-bond donors (Lipinski definition) is 0. The van der Waals surface area contributed by atoms with Crippen LogP contribution in [0.3, 0.4) is 0 Å². The lowest BCUT2D eigenvalue weighted by Gasteiger charge is -2.36. The van der Waals surface area contributed by atoms with E-state index in [9.17, 15) is 4.57 Å². The number of ether oxygens (including phenoxy) is 1. The molecule has 0 aliphatic carbocycles. The fraction of sp³-hybridized carbons (Fsp3) is 0.375. The SMILES string of the molecule is C/C=C1\Oc2ccc(Br)cc2C=C1P1(=O)OCC(C)(C)CO1. The van der Waals surface area contributed by atoms with Gasteiger partial charge in [-0.15, -0.1) is 0 Å². The van der Waals surface area contributed by atoms with Crippen molar-refractivity contribution in [3.63, 3.8) is 0 Å². The third-order valence-corrected chi connectivity index (χ3v) is 5.92. The maximum atomic E-state index is 13.1. The Kier molecular flexibility index (Phi) is 4.11. The minimum Gasteiger partial charge on any atom is -0.456 e. The van der Waals surface area contributed by atoms with Gasteiger partial charge >= 0.3 is 7.60 Å². The molecule has 0 atom stereocenters. The number of fused-ring (bicyclic) bond motifs is 1. The summed E-state index contributed by atoms with van der Waals surface area (Å²) in [5, 5.41) is 0.483. The Hall–Kier alpha value is -0.870. The van der Waals surface area contributed by atoms with E-state index in [4.69, 9.17) is 13.8 Å². The van der Waals surface area contributed by atoms with Gasteiger partial charge in [0.15, 0.2) is 0 Å². The number of rotatable bonds is 1. The molecule has 0 spiro atoms. The molecule has 2 aliphatic heterocycles. The fourth-order valence-corrected chi connectivity index (χ4v) is 4.78. The van der Waals surface area contributed by atoms with Gasteiger partial charge in [0.1, 0.15) is 16.8 Å². The van der Waals surface area contributed by atoms with Crippen LogP contribution in [0.5, 0.6) is 5.75 Å². The molecule has 0 radical (unpaired) electrons. The Bertz CT molecular complexity index is 707. The Morgan fingerprint density at radius 1 is 1.27 bits per heavy atom. The van der Waals surface area contributed by atoms with E-state index in [-0.39, 0.29) is 5.41 Å². The lowest BCUT2D eigenvalue weighted by atomic mass is 9.97. The first-order chi connectivity index (χ1) is 10.3. The van der Waals surface area contributed by atoms with Gasteiger partial charge in [0.2, 0.25) is 0 Å². The first kappa shape index (κ1) is 16.0. The summed E-state index contributed by atoms with van der Waals surface area (Å²) < 4.78 is 31.1. The van der Waals surface area contributed by atoms with Crippen molar-refractivity contribution in [2.24, 2.45) is 5.41 Å². The smallest absolute Gasteiger partial charge is 0.365 e. The quantitative estimate of drug-likeness (QED) is 0.612. The molecule has 0 amide bonds. The van der Waals surface area contributed by atoms with Crippen molar-refractivity contribution in [1.29, 1.82) is 0 Å². The third kappa shape index (κ3) is 2.95. The van der Waals surface area contributed by atoms with Gasteiger partial charge in [-0.1, -0.05) is 29.8 Å². The van der Waals surface area contributed by atoms with Gasteiger partial charge in [-0.25, -0.2) is 0 Å². The Morgan fingerprint density at radius 2 is 1.95 bits per heavy atom. The van der Waals surface area contributed by atoms with Crippen LogP contribution >= 0.6 is 23.5 Å². The van der Waals surface area contributed by atoms with Crippen LogP contribution in [-0.2, 0) is 13.6 Å². The first-order valence-corrected chi connectivity index (χ1v) is 9.42. The largest absolute Gasteiger partial charge is 0.456 e. The van der Waals surface area contributed by atoms with Crippen LogP contribution < -0.4 is 4.74 Å². The molecule has 0 unspecified atom stereocenters. The van der Waals surface area contributed by atoms with Gasteiger partial charge in [0, 0.05) is 15.5 Å².